The highest BCUT2D eigenvalue weighted by Crippen LogP contribution is 2.06. The van der Waals surface area contributed by atoms with Gasteiger partial charge in [0.05, 0.1) is 0 Å². The van der Waals surface area contributed by atoms with Crippen molar-refractivity contribution in [1.82, 2.24) is 20.8 Å². The minimum Gasteiger partial charge on any atom is -0.352 e. The summed E-state index contributed by atoms with van der Waals surface area (Å²) in [7, 11) is 0. The summed E-state index contributed by atoms with van der Waals surface area (Å²) in [5, 5.41) is 10.3. The SMILES string of the molecule is CCCc1noc(CCCC(=O)NC2CCCNC2)n1. The topological polar surface area (TPSA) is 80.0 Å². The summed E-state index contributed by atoms with van der Waals surface area (Å²) in [6.45, 7) is 4.03. The molecule has 1 aromatic rings. The second-order valence-corrected chi connectivity index (χ2v) is 5.32. The van der Waals surface area contributed by atoms with Crippen molar-refractivity contribution < 1.29 is 9.32 Å². The fraction of sp³-hybridized carbons (Fsp3) is 0.786. The van der Waals surface area contributed by atoms with E-state index in [4.69, 9.17) is 4.52 Å². The van der Waals surface area contributed by atoms with Crippen LogP contribution in [0.2, 0.25) is 0 Å². The molecule has 1 unspecified atom stereocenters. The molecule has 1 fully saturated rings. The van der Waals surface area contributed by atoms with Crippen molar-refractivity contribution in [2.24, 2.45) is 0 Å². The van der Waals surface area contributed by atoms with E-state index in [2.05, 4.69) is 27.7 Å². The molecule has 2 rings (SSSR count). The first kappa shape index (κ1) is 15.0. The quantitative estimate of drug-likeness (QED) is 0.785. The molecule has 1 amide bonds. The Balaban J connectivity index is 1.62. The molecule has 1 saturated heterocycles. The molecular formula is C14H24N4O2. The fourth-order valence-electron chi connectivity index (χ4n) is 2.39. The molecule has 0 radical (unpaired) electrons. The minimum atomic E-state index is 0.118. The highest BCUT2D eigenvalue weighted by Gasteiger charge is 2.15. The molecule has 0 aliphatic carbocycles. The molecule has 1 aliphatic rings. The van der Waals surface area contributed by atoms with Crippen LogP contribution >= 0.6 is 0 Å². The van der Waals surface area contributed by atoms with E-state index in [1.165, 1.54) is 0 Å². The predicted octanol–water partition coefficient (Wildman–Crippen LogP) is 1.21. The molecule has 1 atom stereocenters. The third-order valence-corrected chi connectivity index (χ3v) is 3.44. The second-order valence-electron chi connectivity index (χ2n) is 5.32. The van der Waals surface area contributed by atoms with Gasteiger partial charge in [-0.3, -0.25) is 4.79 Å². The van der Waals surface area contributed by atoms with Gasteiger partial charge in [-0.15, -0.1) is 0 Å². The van der Waals surface area contributed by atoms with Gasteiger partial charge in [0.25, 0.3) is 0 Å². The Morgan fingerprint density at radius 1 is 1.50 bits per heavy atom. The third-order valence-electron chi connectivity index (χ3n) is 3.44. The molecular weight excluding hydrogens is 256 g/mol. The molecule has 2 heterocycles. The van der Waals surface area contributed by atoms with Gasteiger partial charge in [-0.05, 0) is 32.2 Å². The number of piperidine rings is 1. The Bertz CT molecular complexity index is 413. The number of carbonyl (C=O) groups excluding carboxylic acids is 1. The van der Waals surface area contributed by atoms with E-state index in [1.807, 2.05) is 0 Å². The van der Waals surface area contributed by atoms with Crippen molar-refractivity contribution in [2.75, 3.05) is 13.1 Å². The van der Waals surface area contributed by atoms with Gasteiger partial charge in [-0.25, -0.2) is 0 Å². The molecule has 0 spiro atoms. The average Bonchev–Trinajstić information content (AvgIpc) is 2.88. The van der Waals surface area contributed by atoms with Gasteiger partial charge in [0.2, 0.25) is 11.8 Å². The summed E-state index contributed by atoms with van der Waals surface area (Å²) in [5.74, 6) is 1.52. The summed E-state index contributed by atoms with van der Waals surface area (Å²) >= 11 is 0. The van der Waals surface area contributed by atoms with E-state index < -0.39 is 0 Å². The van der Waals surface area contributed by atoms with E-state index >= 15 is 0 Å². The first-order chi connectivity index (χ1) is 9.78. The van der Waals surface area contributed by atoms with Crippen molar-refractivity contribution in [3.05, 3.63) is 11.7 Å². The lowest BCUT2D eigenvalue weighted by Crippen LogP contribution is -2.45. The molecule has 1 aliphatic heterocycles. The van der Waals surface area contributed by atoms with Crippen molar-refractivity contribution in [3.63, 3.8) is 0 Å². The van der Waals surface area contributed by atoms with Gasteiger partial charge in [0.15, 0.2) is 5.82 Å². The van der Waals surface area contributed by atoms with Crippen molar-refractivity contribution >= 4 is 5.91 Å². The zero-order chi connectivity index (χ0) is 14.2. The molecule has 112 valence electrons. The predicted molar refractivity (Wildman–Crippen MR) is 75.3 cm³/mol. The van der Waals surface area contributed by atoms with E-state index in [1.54, 1.807) is 0 Å². The van der Waals surface area contributed by atoms with Gasteiger partial charge in [0, 0.05) is 31.8 Å². The van der Waals surface area contributed by atoms with Crippen molar-refractivity contribution in [1.29, 1.82) is 0 Å². The van der Waals surface area contributed by atoms with E-state index in [0.29, 0.717) is 18.7 Å². The minimum absolute atomic E-state index is 0.118. The smallest absolute Gasteiger partial charge is 0.226 e. The number of aryl methyl sites for hydroxylation is 2. The maximum atomic E-state index is 11.8. The molecule has 6 heteroatoms. The summed E-state index contributed by atoms with van der Waals surface area (Å²) in [6, 6.07) is 0.288. The van der Waals surface area contributed by atoms with Gasteiger partial charge in [-0.1, -0.05) is 12.1 Å². The van der Waals surface area contributed by atoms with Crippen LogP contribution in [0.15, 0.2) is 4.52 Å². The van der Waals surface area contributed by atoms with Crippen LogP contribution in [-0.2, 0) is 17.6 Å². The summed E-state index contributed by atoms with van der Waals surface area (Å²) in [5.41, 5.74) is 0. The Kier molecular flexibility index (Phi) is 5.98. The number of amides is 1. The first-order valence-electron chi connectivity index (χ1n) is 7.59. The summed E-state index contributed by atoms with van der Waals surface area (Å²) in [4.78, 5) is 16.1. The lowest BCUT2D eigenvalue weighted by Gasteiger charge is -2.23. The van der Waals surface area contributed by atoms with Crippen LogP contribution in [0.5, 0.6) is 0 Å². The van der Waals surface area contributed by atoms with Gasteiger partial charge >= 0.3 is 0 Å². The van der Waals surface area contributed by atoms with Gasteiger partial charge in [0.1, 0.15) is 0 Å². The maximum absolute atomic E-state index is 11.8. The largest absolute Gasteiger partial charge is 0.352 e. The van der Waals surface area contributed by atoms with E-state index in [9.17, 15) is 4.79 Å². The first-order valence-corrected chi connectivity index (χ1v) is 7.59. The Morgan fingerprint density at radius 2 is 2.40 bits per heavy atom. The Morgan fingerprint density at radius 3 is 3.15 bits per heavy atom. The molecule has 0 bridgehead atoms. The van der Waals surface area contributed by atoms with E-state index in [-0.39, 0.29) is 11.9 Å². The second kappa shape index (κ2) is 7.99. The molecule has 1 aromatic heterocycles. The standard InChI is InChI=1S/C14H24N4O2/c1-2-5-12-17-14(20-18-12)8-3-7-13(19)16-11-6-4-9-15-10-11/h11,15H,2-10H2,1H3,(H,16,19). The average molecular weight is 280 g/mol. The monoisotopic (exact) mass is 280 g/mol. The number of nitrogens with zero attached hydrogens (tertiary/aromatic N) is 2. The molecule has 6 nitrogen and oxygen atoms in total. The normalized spacial score (nSPS) is 18.9. The van der Waals surface area contributed by atoms with Crippen LogP contribution in [0.1, 0.15) is 50.7 Å². The van der Waals surface area contributed by atoms with Crippen LogP contribution in [0, 0.1) is 0 Å². The number of nitrogens with one attached hydrogen (secondary N) is 2. The Labute approximate surface area is 119 Å². The number of hydrogen-bond acceptors (Lipinski definition) is 5. The zero-order valence-corrected chi connectivity index (χ0v) is 12.2. The highest BCUT2D eigenvalue weighted by molar-refractivity contribution is 5.76. The number of aromatic nitrogens is 2. The van der Waals surface area contributed by atoms with Crippen LogP contribution in [0.3, 0.4) is 0 Å². The zero-order valence-electron chi connectivity index (χ0n) is 12.2. The van der Waals surface area contributed by atoms with Crippen LogP contribution in [-0.4, -0.2) is 35.2 Å². The van der Waals surface area contributed by atoms with Gasteiger partial charge in [-0.2, -0.15) is 4.98 Å². The lowest BCUT2D eigenvalue weighted by molar-refractivity contribution is -0.122. The third kappa shape index (κ3) is 4.92. The molecule has 0 saturated carbocycles. The summed E-state index contributed by atoms with van der Waals surface area (Å²) < 4.78 is 5.15. The lowest BCUT2D eigenvalue weighted by atomic mass is 10.1. The molecule has 2 N–H and O–H groups in total. The van der Waals surface area contributed by atoms with Crippen LogP contribution in [0.4, 0.5) is 0 Å². The van der Waals surface area contributed by atoms with Crippen molar-refractivity contribution in [3.8, 4) is 0 Å². The van der Waals surface area contributed by atoms with Crippen LogP contribution in [0.25, 0.3) is 0 Å². The van der Waals surface area contributed by atoms with Gasteiger partial charge < -0.3 is 15.2 Å². The Hall–Kier alpha value is -1.43. The summed E-state index contributed by atoms with van der Waals surface area (Å²) in [6.07, 6.45) is 6.00. The highest BCUT2D eigenvalue weighted by atomic mass is 16.5. The van der Waals surface area contributed by atoms with E-state index in [0.717, 1.165) is 51.0 Å². The number of rotatable bonds is 7. The van der Waals surface area contributed by atoms with Crippen LogP contribution < -0.4 is 10.6 Å². The van der Waals surface area contributed by atoms with Crippen molar-refractivity contribution in [2.45, 2.75) is 57.9 Å². The molecule has 20 heavy (non-hydrogen) atoms. The number of hydrogen-bond donors (Lipinski definition) is 2. The number of carbonyl (C=O) groups is 1. The maximum Gasteiger partial charge on any atom is 0.226 e. The fourth-order valence-corrected chi connectivity index (χ4v) is 2.39. The molecule has 0 aromatic carbocycles.